The van der Waals surface area contributed by atoms with Crippen LogP contribution in [-0.4, -0.2) is 40.7 Å². The van der Waals surface area contributed by atoms with Crippen molar-refractivity contribution in [1.29, 1.82) is 0 Å². The molecule has 0 aliphatic carbocycles. The highest BCUT2D eigenvalue weighted by Crippen LogP contribution is 2.21. The van der Waals surface area contributed by atoms with Gasteiger partial charge in [-0.05, 0) is 24.6 Å². The molecule has 0 radical (unpaired) electrons. The summed E-state index contributed by atoms with van der Waals surface area (Å²) in [6.45, 7) is 3.76. The Hall–Kier alpha value is -2.41. The monoisotopic (exact) mass is 316 g/mol. The molecule has 0 saturated heterocycles. The van der Waals surface area contributed by atoms with Gasteiger partial charge in [-0.3, -0.25) is 9.69 Å². The molecule has 0 spiro atoms. The molecule has 122 valence electrons. The highest BCUT2D eigenvalue weighted by molar-refractivity contribution is 5.81. The summed E-state index contributed by atoms with van der Waals surface area (Å²) in [4.78, 5) is 14.5. The average Bonchev–Trinajstić information content (AvgIpc) is 3.11. The number of carbonyl (C=O) groups is 1. The minimum atomic E-state index is -0.225. The summed E-state index contributed by atoms with van der Waals surface area (Å²) in [5, 5.41) is 11.1. The van der Waals surface area contributed by atoms with Crippen LogP contribution in [0.3, 0.4) is 0 Å². The lowest BCUT2D eigenvalue weighted by Crippen LogP contribution is -2.47. The van der Waals surface area contributed by atoms with Gasteiger partial charge in [0.25, 0.3) is 0 Å². The van der Waals surface area contributed by atoms with Crippen LogP contribution in [0.15, 0.2) is 28.9 Å². The summed E-state index contributed by atoms with van der Waals surface area (Å²) >= 11 is 0. The third kappa shape index (κ3) is 3.50. The first kappa shape index (κ1) is 15.5. The molecule has 1 aliphatic heterocycles. The zero-order valence-electron chi connectivity index (χ0n) is 13.3. The predicted octanol–water partition coefficient (Wildman–Crippen LogP) is 1.14. The van der Waals surface area contributed by atoms with Crippen molar-refractivity contribution in [2.45, 2.75) is 32.5 Å². The van der Waals surface area contributed by atoms with Crippen LogP contribution in [0, 0.1) is 0 Å². The van der Waals surface area contributed by atoms with Gasteiger partial charge in [-0.25, -0.2) is 0 Å². The molecule has 3 rings (SSSR count). The maximum Gasteiger partial charge on any atom is 0.237 e. The summed E-state index contributed by atoms with van der Waals surface area (Å²) in [6, 6.07) is 5.31. The molecule has 1 amide bonds. The lowest BCUT2D eigenvalue weighted by molar-refractivity contribution is -0.126. The van der Waals surface area contributed by atoms with Crippen LogP contribution in [0.1, 0.15) is 23.9 Å². The van der Waals surface area contributed by atoms with Crippen molar-refractivity contribution in [1.82, 2.24) is 20.4 Å². The fourth-order valence-electron chi connectivity index (χ4n) is 2.66. The standard InChI is InChI=1S/C16H20N4O3/c1-11(16(21)17-9-13-4-3-7-23-13)20-6-5-14-12(10-20)8-15(22-2)19-18-14/h3-4,7-8,11H,5-6,9-10H2,1-2H3,(H,17,21). The van der Waals surface area contributed by atoms with E-state index in [1.165, 1.54) is 0 Å². The van der Waals surface area contributed by atoms with Crippen molar-refractivity contribution in [3.63, 3.8) is 0 Å². The van der Waals surface area contributed by atoms with E-state index >= 15 is 0 Å². The summed E-state index contributed by atoms with van der Waals surface area (Å²) in [6.07, 6.45) is 2.38. The second-order valence-electron chi connectivity index (χ2n) is 5.55. The minimum Gasteiger partial charge on any atom is -0.480 e. The van der Waals surface area contributed by atoms with Gasteiger partial charge in [0, 0.05) is 25.6 Å². The lowest BCUT2D eigenvalue weighted by Gasteiger charge is -2.32. The maximum absolute atomic E-state index is 12.3. The molecule has 23 heavy (non-hydrogen) atoms. The highest BCUT2D eigenvalue weighted by atomic mass is 16.5. The smallest absolute Gasteiger partial charge is 0.237 e. The molecular formula is C16H20N4O3. The van der Waals surface area contributed by atoms with E-state index in [0.29, 0.717) is 19.0 Å². The van der Waals surface area contributed by atoms with Crippen LogP contribution in [0.5, 0.6) is 5.88 Å². The third-order valence-corrected chi connectivity index (χ3v) is 4.10. The summed E-state index contributed by atoms with van der Waals surface area (Å²) in [7, 11) is 1.57. The number of nitrogens with zero attached hydrogens (tertiary/aromatic N) is 3. The van der Waals surface area contributed by atoms with Gasteiger partial charge < -0.3 is 14.5 Å². The molecular weight excluding hydrogens is 296 g/mol. The molecule has 1 unspecified atom stereocenters. The predicted molar refractivity (Wildman–Crippen MR) is 82.7 cm³/mol. The number of aromatic nitrogens is 2. The Morgan fingerprint density at radius 3 is 3.13 bits per heavy atom. The van der Waals surface area contributed by atoms with E-state index in [2.05, 4.69) is 20.4 Å². The second kappa shape index (κ2) is 6.78. The molecule has 7 heteroatoms. The number of furan rings is 1. The van der Waals surface area contributed by atoms with Gasteiger partial charge >= 0.3 is 0 Å². The van der Waals surface area contributed by atoms with Gasteiger partial charge in [-0.15, -0.1) is 5.10 Å². The van der Waals surface area contributed by atoms with E-state index in [-0.39, 0.29) is 11.9 Å². The number of nitrogens with one attached hydrogen (secondary N) is 1. The van der Waals surface area contributed by atoms with Crippen LogP contribution in [0.4, 0.5) is 0 Å². The van der Waals surface area contributed by atoms with E-state index in [1.54, 1.807) is 19.4 Å². The van der Waals surface area contributed by atoms with E-state index < -0.39 is 0 Å². The molecule has 2 aromatic heterocycles. The van der Waals surface area contributed by atoms with Crippen molar-refractivity contribution >= 4 is 5.91 Å². The first-order chi connectivity index (χ1) is 11.2. The molecule has 0 fully saturated rings. The Kier molecular flexibility index (Phi) is 4.57. The van der Waals surface area contributed by atoms with Gasteiger partial charge in [0.1, 0.15) is 5.76 Å². The van der Waals surface area contributed by atoms with Crippen LogP contribution in [-0.2, 0) is 24.3 Å². The van der Waals surface area contributed by atoms with Gasteiger partial charge in [0.05, 0.1) is 31.7 Å². The molecule has 3 heterocycles. The van der Waals surface area contributed by atoms with Gasteiger partial charge in [-0.2, -0.15) is 5.10 Å². The molecule has 1 atom stereocenters. The Balaban J connectivity index is 1.61. The Bertz CT molecular complexity index is 672. The first-order valence-corrected chi connectivity index (χ1v) is 7.61. The third-order valence-electron chi connectivity index (χ3n) is 4.10. The fourth-order valence-corrected chi connectivity index (χ4v) is 2.66. The van der Waals surface area contributed by atoms with E-state index in [4.69, 9.17) is 9.15 Å². The number of hydrogen-bond acceptors (Lipinski definition) is 6. The van der Waals surface area contributed by atoms with Crippen molar-refractivity contribution in [2.24, 2.45) is 0 Å². The number of rotatable bonds is 5. The SMILES string of the molecule is COc1cc2c(nn1)CCN(C(C)C(=O)NCc1ccco1)C2. The number of amides is 1. The summed E-state index contributed by atoms with van der Waals surface area (Å²) in [5.74, 6) is 1.23. The van der Waals surface area contributed by atoms with Gasteiger partial charge in [-0.1, -0.05) is 0 Å². The highest BCUT2D eigenvalue weighted by Gasteiger charge is 2.26. The van der Waals surface area contributed by atoms with E-state index in [0.717, 1.165) is 30.0 Å². The normalized spacial score (nSPS) is 15.7. The lowest BCUT2D eigenvalue weighted by atomic mass is 10.0. The summed E-state index contributed by atoms with van der Waals surface area (Å²) < 4.78 is 10.3. The van der Waals surface area contributed by atoms with Crippen LogP contribution < -0.4 is 10.1 Å². The fraction of sp³-hybridized carbons (Fsp3) is 0.438. The topological polar surface area (TPSA) is 80.5 Å². The molecule has 0 bridgehead atoms. The number of hydrogen-bond donors (Lipinski definition) is 1. The van der Waals surface area contributed by atoms with Crippen molar-refractivity contribution < 1.29 is 13.9 Å². The number of fused-ring (bicyclic) bond motifs is 1. The molecule has 0 aromatic carbocycles. The van der Waals surface area contributed by atoms with Crippen molar-refractivity contribution in [2.75, 3.05) is 13.7 Å². The van der Waals surface area contributed by atoms with Crippen LogP contribution >= 0.6 is 0 Å². The van der Waals surface area contributed by atoms with Crippen molar-refractivity contribution in [3.8, 4) is 5.88 Å². The van der Waals surface area contributed by atoms with Crippen LogP contribution in [0.25, 0.3) is 0 Å². The van der Waals surface area contributed by atoms with Crippen molar-refractivity contribution in [3.05, 3.63) is 41.5 Å². The van der Waals surface area contributed by atoms with Crippen LogP contribution in [0.2, 0.25) is 0 Å². The Labute approximate surface area is 134 Å². The molecule has 7 nitrogen and oxygen atoms in total. The number of methoxy groups -OCH3 is 1. The Morgan fingerprint density at radius 2 is 2.39 bits per heavy atom. The zero-order chi connectivity index (χ0) is 16.2. The first-order valence-electron chi connectivity index (χ1n) is 7.61. The maximum atomic E-state index is 12.3. The largest absolute Gasteiger partial charge is 0.480 e. The van der Waals surface area contributed by atoms with E-state index in [9.17, 15) is 4.79 Å². The molecule has 1 N–H and O–H groups in total. The molecule has 1 aliphatic rings. The number of ether oxygens (including phenoxy) is 1. The quantitative estimate of drug-likeness (QED) is 0.891. The summed E-state index contributed by atoms with van der Waals surface area (Å²) in [5.41, 5.74) is 2.04. The average molecular weight is 316 g/mol. The Morgan fingerprint density at radius 1 is 1.52 bits per heavy atom. The zero-order valence-corrected chi connectivity index (χ0v) is 13.3. The second-order valence-corrected chi connectivity index (χ2v) is 5.55. The molecule has 2 aromatic rings. The van der Waals surface area contributed by atoms with Gasteiger partial charge in [0.2, 0.25) is 11.8 Å². The van der Waals surface area contributed by atoms with Gasteiger partial charge in [0.15, 0.2) is 0 Å². The molecule has 0 saturated carbocycles. The number of carbonyl (C=O) groups excluding carboxylic acids is 1. The van der Waals surface area contributed by atoms with E-state index in [1.807, 2.05) is 19.1 Å². The minimum absolute atomic E-state index is 0.0150.